The summed E-state index contributed by atoms with van der Waals surface area (Å²) < 4.78 is 1.92. The molecule has 1 saturated carbocycles. The highest BCUT2D eigenvalue weighted by Gasteiger charge is 2.29. The van der Waals surface area contributed by atoms with E-state index in [4.69, 9.17) is 5.73 Å². The van der Waals surface area contributed by atoms with Gasteiger partial charge in [0.05, 0.1) is 12.2 Å². The minimum atomic E-state index is 0. The van der Waals surface area contributed by atoms with Gasteiger partial charge < -0.3 is 5.73 Å². The highest BCUT2D eigenvalue weighted by molar-refractivity contribution is 5.85. The van der Waals surface area contributed by atoms with E-state index in [2.05, 4.69) is 10.3 Å². The van der Waals surface area contributed by atoms with Gasteiger partial charge in [-0.1, -0.05) is 5.21 Å². The summed E-state index contributed by atoms with van der Waals surface area (Å²) in [5.74, 6) is 0.712. The molecule has 1 fully saturated rings. The minimum Gasteiger partial charge on any atom is -0.330 e. The molecule has 1 aliphatic rings. The van der Waals surface area contributed by atoms with Crippen LogP contribution in [0.2, 0.25) is 0 Å². The van der Waals surface area contributed by atoms with Crippen molar-refractivity contribution in [1.29, 1.82) is 0 Å². The molecule has 6 heteroatoms. The summed E-state index contributed by atoms with van der Waals surface area (Å²) >= 11 is 0. The van der Waals surface area contributed by atoms with Crippen molar-refractivity contribution < 1.29 is 0 Å². The molecule has 0 bridgehead atoms. The van der Waals surface area contributed by atoms with Gasteiger partial charge in [0.25, 0.3) is 0 Å². The average molecular weight is 225 g/mol. The molecule has 2 rings (SSSR count). The molecule has 1 aliphatic carbocycles. The van der Waals surface area contributed by atoms with Crippen molar-refractivity contribution in [1.82, 2.24) is 15.0 Å². The Hall–Kier alpha value is -0.320. The third-order valence-corrected chi connectivity index (χ3v) is 2.36. The van der Waals surface area contributed by atoms with Gasteiger partial charge in [-0.2, -0.15) is 0 Å². The van der Waals surface area contributed by atoms with Gasteiger partial charge >= 0.3 is 0 Å². The Labute approximate surface area is 89.7 Å². The van der Waals surface area contributed by atoms with Crippen molar-refractivity contribution in [2.24, 2.45) is 11.7 Å². The van der Waals surface area contributed by atoms with Crippen LogP contribution in [0.3, 0.4) is 0 Å². The van der Waals surface area contributed by atoms with Crippen LogP contribution in [0.5, 0.6) is 0 Å². The first-order chi connectivity index (χ1) is 5.40. The van der Waals surface area contributed by atoms with E-state index in [9.17, 15) is 0 Å². The Balaban J connectivity index is 0.000000720. The molecule has 0 unspecified atom stereocenters. The van der Waals surface area contributed by atoms with E-state index in [1.165, 1.54) is 12.8 Å². The summed E-state index contributed by atoms with van der Waals surface area (Å²) in [6, 6.07) is 0.561. The Kier molecular flexibility index (Phi) is 5.29. The van der Waals surface area contributed by atoms with E-state index in [-0.39, 0.29) is 24.8 Å². The van der Waals surface area contributed by atoms with Gasteiger partial charge in [0.15, 0.2) is 0 Å². The molecule has 1 aromatic heterocycles. The molecule has 0 amide bonds. The number of nitrogens with two attached hydrogens (primary N) is 1. The molecular formula is C7H14Cl2N4. The van der Waals surface area contributed by atoms with Gasteiger partial charge in [-0.25, -0.2) is 4.68 Å². The van der Waals surface area contributed by atoms with Crippen molar-refractivity contribution in [3.8, 4) is 0 Å². The highest BCUT2D eigenvalue weighted by Crippen LogP contribution is 2.35. The van der Waals surface area contributed by atoms with E-state index in [0.717, 1.165) is 6.54 Å². The molecule has 1 aromatic rings. The van der Waals surface area contributed by atoms with Crippen LogP contribution in [0, 0.1) is 5.92 Å². The van der Waals surface area contributed by atoms with Crippen molar-refractivity contribution in [2.75, 3.05) is 6.54 Å². The minimum absolute atomic E-state index is 0. The number of rotatable bonds is 2. The lowest BCUT2D eigenvalue weighted by Gasteiger charge is -2.33. The zero-order chi connectivity index (χ0) is 7.68. The van der Waals surface area contributed by atoms with Crippen LogP contribution >= 0.6 is 24.8 Å². The van der Waals surface area contributed by atoms with Crippen LogP contribution in [0.1, 0.15) is 18.9 Å². The Bertz CT molecular complexity index is 220. The second kappa shape index (κ2) is 5.42. The van der Waals surface area contributed by atoms with Gasteiger partial charge in [0.2, 0.25) is 0 Å². The third kappa shape index (κ3) is 2.56. The van der Waals surface area contributed by atoms with Crippen LogP contribution < -0.4 is 5.73 Å². The summed E-state index contributed by atoms with van der Waals surface area (Å²) in [7, 11) is 0. The normalized spacial score (nSPS) is 25.3. The maximum Gasteiger partial charge on any atom is 0.0693 e. The van der Waals surface area contributed by atoms with E-state index in [1.54, 1.807) is 6.20 Å². The molecule has 0 atom stereocenters. The molecule has 76 valence electrons. The Morgan fingerprint density at radius 3 is 2.54 bits per heavy atom. The van der Waals surface area contributed by atoms with Gasteiger partial charge in [-0.3, -0.25) is 0 Å². The predicted molar refractivity (Wildman–Crippen MR) is 55.3 cm³/mol. The fourth-order valence-corrected chi connectivity index (χ4v) is 1.52. The van der Waals surface area contributed by atoms with Crippen LogP contribution in [-0.2, 0) is 0 Å². The average Bonchev–Trinajstić information content (AvgIpc) is 2.37. The number of hydrogen-bond donors (Lipinski definition) is 1. The van der Waals surface area contributed by atoms with Gasteiger partial charge in [0, 0.05) is 6.20 Å². The number of halogens is 2. The first-order valence-electron chi connectivity index (χ1n) is 3.96. The summed E-state index contributed by atoms with van der Waals surface area (Å²) in [6.07, 6.45) is 5.97. The maximum absolute atomic E-state index is 5.50. The molecule has 0 radical (unpaired) electrons. The number of hydrogen-bond acceptors (Lipinski definition) is 3. The first kappa shape index (κ1) is 12.7. The van der Waals surface area contributed by atoms with Gasteiger partial charge in [-0.15, -0.1) is 29.9 Å². The lowest BCUT2D eigenvalue weighted by Crippen LogP contribution is -2.32. The largest absolute Gasteiger partial charge is 0.330 e. The van der Waals surface area contributed by atoms with Crippen molar-refractivity contribution in [3.05, 3.63) is 12.4 Å². The summed E-state index contributed by atoms with van der Waals surface area (Å²) in [5, 5.41) is 7.69. The number of aromatic nitrogens is 3. The third-order valence-electron chi connectivity index (χ3n) is 2.36. The van der Waals surface area contributed by atoms with Crippen LogP contribution in [-0.4, -0.2) is 21.5 Å². The van der Waals surface area contributed by atoms with Crippen molar-refractivity contribution in [3.63, 3.8) is 0 Å². The Morgan fingerprint density at radius 2 is 2.08 bits per heavy atom. The topological polar surface area (TPSA) is 56.7 Å². The molecule has 1 heterocycles. The molecule has 2 N–H and O–H groups in total. The first-order valence-corrected chi connectivity index (χ1v) is 3.96. The molecule has 0 aliphatic heterocycles. The molecule has 4 nitrogen and oxygen atoms in total. The smallest absolute Gasteiger partial charge is 0.0693 e. The van der Waals surface area contributed by atoms with Crippen molar-refractivity contribution >= 4 is 24.8 Å². The van der Waals surface area contributed by atoms with Crippen molar-refractivity contribution in [2.45, 2.75) is 18.9 Å². The summed E-state index contributed by atoms with van der Waals surface area (Å²) in [4.78, 5) is 0. The maximum atomic E-state index is 5.50. The molecule has 0 saturated heterocycles. The molecule has 0 aromatic carbocycles. The predicted octanol–water partition coefficient (Wildman–Crippen LogP) is 1.03. The zero-order valence-corrected chi connectivity index (χ0v) is 8.80. The standard InChI is InChI=1S/C7H12N4.2ClH/c8-5-6-3-7(4-6)11-2-1-9-10-11;;/h1-2,6-7H,3-5,8H2;2*1H. The second-order valence-electron chi connectivity index (χ2n) is 3.11. The lowest BCUT2D eigenvalue weighted by molar-refractivity contribution is 0.187. The summed E-state index contributed by atoms with van der Waals surface area (Å²) in [5.41, 5.74) is 5.50. The Morgan fingerprint density at radius 1 is 1.38 bits per heavy atom. The molecule has 13 heavy (non-hydrogen) atoms. The molecule has 0 spiro atoms. The fourth-order valence-electron chi connectivity index (χ4n) is 1.52. The molecular weight excluding hydrogens is 211 g/mol. The van der Waals surface area contributed by atoms with Crippen LogP contribution in [0.15, 0.2) is 12.4 Å². The van der Waals surface area contributed by atoms with Crippen LogP contribution in [0.25, 0.3) is 0 Å². The van der Waals surface area contributed by atoms with Gasteiger partial charge in [0.1, 0.15) is 0 Å². The van der Waals surface area contributed by atoms with E-state index in [0.29, 0.717) is 12.0 Å². The van der Waals surface area contributed by atoms with Crippen LogP contribution in [0.4, 0.5) is 0 Å². The fraction of sp³-hybridized carbons (Fsp3) is 0.714. The second-order valence-corrected chi connectivity index (χ2v) is 3.11. The zero-order valence-electron chi connectivity index (χ0n) is 7.17. The number of nitrogens with zero attached hydrogens (tertiary/aromatic N) is 3. The summed E-state index contributed by atoms with van der Waals surface area (Å²) in [6.45, 7) is 0.811. The lowest BCUT2D eigenvalue weighted by atomic mass is 9.80. The van der Waals surface area contributed by atoms with Gasteiger partial charge in [-0.05, 0) is 25.3 Å². The highest BCUT2D eigenvalue weighted by atomic mass is 35.5. The SMILES string of the molecule is Cl.Cl.NCC1CC(n2ccnn2)C1. The monoisotopic (exact) mass is 224 g/mol. The van der Waals surface area contributed by atoms with E-state index in [1.807, 2.05) is 10.9 Å². The quantitative estimate of drug-likeness (QED) is 0.817. The van der Waals surface area contributed by atoms with E-state index < -0.39 is 0 Å². The van der Waals surface area contributed by atoms with E-state index >= 15 is 0 Å².